The molecule has 2 aliphatic carbocycles. The Kier molecular flexibility index (Phi) is 3.84. The molecule has 0 nitrogen and oxygen atoms in total. The van der Waals surface area contributed by atoms with Crippen LogP contribution in [0.1, 0.15) is 15.7 Å². The molecule has 0 saturated carbocycles. The summed E-state index contributed by atoms with van der Waals surface area (Å²) in [6.07, 6.45) is -4.07. The third-order valence-corrected chi connectivity index (χ3v) is 5.20. The third kappa shape index (κ3) is 3.23. The van der Waals surface area contributed by atoms with Gasteiger partial charge in [0.15, 0.2) is 0 Å². The van der Waals surface area contributed by atoms with Gasteiger partial charge in [0.1, 0.15) is 0 Å². The van der Waals surface area contributed by atoms with Crippen LogP contribution in [0.2, 0.25) is 0 Å². The van der Waals surface area contributed by atoms with E-state index in [-0.39, 0.29) is 23.5 Å². The van der Waals surface area contributed by atoms with E-state index in [1.54, 1.807) is 0 Å². The SMILES string of the molecule is FC(F)(F)C1=[C]([Ti+2][C]2=C(C(F)(F)F)C=CC2)CC=C1.[H-].[H-]. The van der Waals surface area contributed by atoms with Gasteiger partial charge in [0.2, 0.25) is 0 Å². The van der Waals surface area contributed by atoms with Crippen molar-refractivity contribution in [1.82, 2.24) is 0 Å². The number of allylic oxidation sites excluding steroid dienone is 8. The molecule has 7 heteroatoms. The van der Waals surface area contributed by atoms with Gasteiger partial charge in [0.25, 0.3) is 0 Å². The molecular weight excluding hydrogens is 306 g/mol. The van der Waals surface area contributed by atoms with E-state index in [0.717, 1.165) is 12.2 Å². The monoisotopic (exact) mass is 316 g/mol. The first-order chi connectivity index (χ1) is 8.69. The van der Waals surface area contributed by atoms with E-state index in [1.807, 2.05) is 0 Å². The maximum absolute atomic E-state index is 12.7. The first kappa shape index (κ1) is 14.7. The molecule has 0 aromatic rings. The summed E-state index contributed by atoms with van der Waals surface area (Å²) in [7, 11) is 0. The number of alkyl halides is 6. The largest absolute Gasteiger partial charge is 1.00 e. The van der Waals surface area contributed by atoms with Gasteiger partial charge < -0.3 is 2.85 Å². The van der Waals surface area contributed by atoms with Crippen molar-refractivity contribution in [3.63, 3.8) is 0 Å². The Balaban J connectivity index is 0.00000200. The molecule has 104 valence electrons. The van der Waals surface area contributed by atoms with Gasteiger partial charge in [-0.1, -0.05) is 0 Å². The number of hydrogen-bond acceptors (Lipinski definition) is 0. The van der Waals surface area contributed by atoms with Crippen molar-refractivity contribution in [2.75, 3.05) is 0 Å². The van der Waals surface area contributed by atoms with Gasteiger partial charge in [-0.15, -0.1) is 0 Å². The molecule has 0 aliphatic heterocycles. The van der Waals surface area contributed by atoms with Gasteiger partial charge >= 0.3 is 114 Å². The van der Waals surface area contributed by atoms with Gasteiger partial charge in [0.05, 0.1) is 0 Å². The molecule has 0 aromatic heterocycles. The summed E-state index contributed by atoms with van der Waals surface area (Å²) in [4.78, 5) is 0. The Hall–Kier alpha value is -0.746. The fourth-order valence-corrected chi connectivity index (χ4v) is 4.34. The van der Waals surface area contributed by atoms with Crippen molar-refractivity contribution in [3.8, 4) is 0 Å². The molecule has 0 heterocycles. The van der Waals surface area contributed by atoms with Crippen molar-refractivity contribution >= 4 is 0 Å². The first-order valence-electron chi connectivity index (χ1n) is 5.40. The van der Waals surface area contributed by atoms with Gasteiger partial charge in [-0.25, -0.2) is 0 Å². The molecule has 2 rings (SSSR count). The smallest absolute Gasteiger partial charge is 1.00 e. The van der Waals surface area contributed by atoms with Crippen LogP contribution in [0.25, 0.3) is 0 Å². The van der Waals surface area contributed by atoms with Gasteiger partial charge in [-0.3, -0.25) is 0 Å². The predicted molar refractivity (Wildman–Crippen MR) is 55.9 cm³/mol. The molecule has 0 spiro atoms. The Morgan fingerprint density at radius 2 is 1.16 bits per heavy atom. The Labute approximate surface area is 117 Å². The van der Waals surface area contributed by atoms with Crippen LogP contribution in [0.3, 0.4) is 0 Å². The van der Waals surface area contributed by atoms with Crippen molar-refractivity contribution in [1.29, 1.82) is 0 Å². The van der Waals surface area contributed by atoms with Gasteiger partial charge in [-0.05, 0) is 0 Å². The predicted octanol–water partition coefficient (Wildman–Crippen LogP) is 4.85. The second kappa shape index (κ2) is 4.98. The second-order valence-corrected chi connectivity index (χ2v) is 6.39. The fraction of sp³-hybridized carbons (Fsp3) is 0.333. The molecule has 0 unspecified atom stereocenters. The zero-order valence-electron chi connectivity index (χ0n) is 11.5. The summed E-state index contributed by atoms with van der Waals surface area (Å²) in [5.74, 6) is 0. The molecule has 0 atom stereocenters. The van der Waals surface area contributed by atoms with Crippen molar-refractivity contribution in [2.24, 2.45) is 0 Å². The Bertz CT molecular complexity index is 465. The summed E-state index contributed by atoms with van der Waals surface area (Å²) in [6.45, 7) is 0. The minimum Gasteiger partial charge on any atom is -1.00 e. The van der Waals surface area contributed by atoms with E-state index in [0.29, 0.717) is 0 Å². The maximum atomic E-state index is 12.7. The summed E-state index contributed by atoms with van der Waals surface area (Å²) >= 11 is -1.55. The number of rotatable bonds is 2. The van der Waals surface area contributed by atoms with E-state index >= 15 is 0 Å². The molecule has 0 amide bonds. The van der Waals surface area contributed by atoms with Gasteiger partial charge in [-0.2, -0.15) is 0 Å². The van der Waals surface area contributed by atoms with E-state index in [9.17, 15) is 26.3 Å². The third-order valence-electron chi connectivity index (χ3n) is 2.78. The molecule has 0 N–H and O–H groups in total. The van der Waals surface area contributed by atoms with E-state index < -0.39 is 42.7 Å². The van der Waals surface area contributed by atoms with Crippen molar-refractivity contribution in [2.45, 2.75) is 25.2 Å². The van der Waals surface area contributed by atoms with Crippen LogP contribution in [-0.2, 0) is 19.2 Å². The molecule has 0 radical (unpaired) electrons. The van der Waals surface area contributed by atoms with Crippen molar-refractivity contribution < 1.29 is 48.3 Å². The normalized spacial score (nSPS) is 19.7. The van der Waals surface area contributed by atoms with E-state index in [1.165, 1.54) is 12.2 Å². The average Bonchev–Trinajstić information content (AvgIpc) is 2.83. The molecule has 19 heavy (non-hydrogen) atoms. The van der Waals surface area contributed by atoms with Crippen LogP contribution in [-0.4, -0.2) is 12.4 Å². The van der Waals surface area contributed by atoms with Crippen molar-refractivity contribution in [3.05, 3.63) is 43.2 Å². The average molecular weight is 316 g/mol. The standard InChI is InChI=1S/2C6H4F3.Ti.2H/c2*7-6(8,9)5-3-1-2-4-5;;;/h2*1,3H,2H2;;;/q;;+2;2*-1. The van der Waals surface area contributed by atoms with Crippen LogP contribution in [0.15, 0.2) is 43.2 Å². The minimum absolute atomic E-state index is 0. The van der Waals surface area contributed by atoms with E-state index in [4.69, 9.17) is 0 Å². The Morgan fingerprint density at radius 1 is 0.789 bits per heavy atom. The van der Waals surface area contributed by atoms with Crippen LogP contribution in [0.4, 0.5) is 26.3 Å². The molecule has 0 fully saturated rings. The summed E-state index contributed by atoms with van der Waals surface area (Å²) in [6, 6.07) is 0. The number of halogens is 6. The van der Waals surface area contributed by atoms with Gasteiger partial charge in [0, 0.05) is 0 Å². The van der Waals surface area contributed by atoms with Crippen LogP contribution < -0.4 is 0 Å². The summed E-state index contributed by atoms with van der Waals surface area (Å²) in [5.41, 5.74) is -1.51. The summed E-state index contributed by atoms with van der Waals surface area (Å²) < 4.78 is 76.3. The first-order valence-corrected chi connectivity index (χ1v) is 6.96. The summed E-state index contributed by atoms with van der Waals surface area (Å²) in [5, 5.41) is 0. The molecule has 2 aliphatic rings. The fourth-order valence-electron chi connectivity index (χ4n) is 1.96. The zero-order valence-corrected chi connectivity index (χ0v) is 11.1. The van der Waals surface area contributed by atoms with E-state index in [2.05, 4.69) is 0 Å². The number of hydrogen-bond donors (Lipinski definition) is 0. The second-order valence-electron chi connectivity index (χ2n) is 4.12. The minimum atomic E-state index is -4.48. The molecule has 0 bridgehead atoms. The molecule has 0 saturated heterocycles. The maximum Gasteiger partial charge on any atom is -1.00 e. The van der Waals surface area contributed by atoms with Crippen LogP contribution >= 0.6 is 0 Å². The quantitative estimate of drug-likeness (QED) is 0.505. The zero-order chi connectivity index (χ0) is 14.3. The topological polar surface area (TPSA) is 0 Å². The molecular formula is C12H10F6Ti. The van der Waals surface area contributed by atoms with Crippen LogP contribution in [0, 0.1) is 0 Å². The molecule has 0 aromatic carbocycles. The Morgan fingerprint density at radius 3 is 1.47 bits per heavy atom. The van der Waals surface area contributed by atoms with Crippen LogP contribution in [0.5, 0.6) is 0 Å².